The second-order valence-electron chi connectivity index (χ2n) is 6.52. The van der Waals surface area contributed by atoms with Gasteiger partial charge >= 0.3 is 0 Å². The van der Waals surface area contributed by atoms with Crippen molar-refractivity contribution in [2.75, 3.05) is 13.6 Å². The van der Waals surface area contributed by atoms with Crippen molar-refractivity contribution >= 4 is 29.9 Å². The third kappa shape index (κ3) is 7.91. The predicted molar refractivity (Wildman–Crippen MR) is 129 cm³/mol. The summed E-state index contributed by atoms with van der Waals surface area (Å²) in [6.45, 7) is 3.62. The maximum atomic E-state index is 5.91. The van der Waals surface area contributed by atoms with Gasteiger partial charge in [0.25, 0.3) is 0 Å². The summed E-state index contributed by atoms with van der Waals surface area (Å²) in [5, 5.41) is 6.74. The number of halogens is 1. The van der Waals surface area contributed by atoms with E-state index in [0.717, 1.165) is 19.0 Å². The Hall–Kier alpha value is -2.32. The van der Waals surface area contributed by atoms with Gasteiger partial charge in [0.15, 0.2) is 5.96 Å². The fourth-order valence-electron chi connectivity index (χ4n) is 2.95. The van der Waals surface area contributed by atoms with Crippen LogP contribution in [-0.2, 0) is 31.0 Å². The molecule has 0 saturated heterocycles. The molecule has 0 aliphatic carbocycles. The molecule has 0 saturated carbocycles. The number of guanidine groups is 1. The first-order valence-electron chi connectivity index (χ1n) is 9.59. The molecule has 3 aromatic rings. The van der Waals surface area contributed by atoms with Gasteiger partial charge in [-0.1, -0.05) is 54.6 Å². The smallest absolute Gasteiger partial charge is 0.191 e. The van der Waals surface area contributed by atoms with Crippen molar-refractivity contribution in [2.24, 2.45) is 4.99 Å². The molecule has 0 spiro atoms. The Labute approximate surface area is 190 Å². The van der Waals surface area contributed by atoms with Crippen LogP contribution in [0, 0.1) is 0 Å². The van der Waals surface area contributed by atoms with E-state index < -0.39 is 0 Å². The lowest BCUT2D eigenvalue weighted by Crippen LogP contribution is -2.38. The number of aliphatic imine (C=N–C) groups is 1. The van der Waals surface area contributed by atoms with E-state index in [1.165, 1.54) is 16.7 Å². The first kappa shape index (κ1) is 23.0. The molecule has 154 valence electrons. The van der Waals surface area contributed by atoms with Crippen LogP contribution >= 0.6 is 24.0 Å². The zero-order valence-electron chi connectivity index (χ0n) is 16.8. The molecule has 2 aromatic carbocycles. The van der Waals surface area contributed by atoms with Crippen molar-refractivity contribution in [1.29, 1.82) is 0 Å². The number of nitrogens with zero attached hydrogens (tertiary/aromatic N) is 2. The largest absolute Gasteiger partial charge is 0.372 e. The standard InChI is InChI=1S/C23H28N4O.HI/c1-24-23(25-13-16-27-14-7-8-15-27)26-17-21-11-5-6-12-22(21)19-28-18-20-9-3-2-4-10-20;/h2-12,14-15H,13,16-19H2,1H3,(H2,24,25,26);1H. The first-order chi connectivity index (χ1) is 13.8. The second-order valence-corrected chi connectivity index (χ2v) is 6.52. The molecule has 0 unspecified atom stereocenters. The average Bonchev–Trinajstić information content (AvgIpc) is 3.26. The van der Waals surface area contributed by atoms with E-state index in [1.54, 1.807) is 7.05 Å². The fourth-order valence-corrected chi connectivity index (χ4v) is 2.95. The third-order valence-corrected chi connectivity index (χ3v) is 4.49. The molecule has 0 atom stereocenters. The number of aromatic nitrogens is 1. The van der Waals surface area contributed by atoms with Crippen LogP contribution in [0.15, 0.2) is 84.1 Å². The molecular weight excluding hydrogens is 475 g/mol. The number of nitrogens with one attached hydrogen (secondary N) is 2. The summed E-state index contributed by atoms with van der Waals surface area (Å²) in [5.41, 5.74) is 3.59. The van der Waals surface area contributed by atoms with Gasteiger partial charge in [0.05, 0.1) is 13.2 Å². The minimum absolute atomic E-state index is 0. The van der Waals surface area contributed by atoms with Crippen LogP contribution < -0.4 is 10.6 Å². The number of ether oxygens (including phenoxy) is 1. The first-order valence-corrected chi connectivity index (χ1v) is 9.59. The fraction of sp³-hybridized carbons (Fsp3) is 0.261. The highest BCUT2D eigenvalue weighted by Crippen LogP contribution is 2.11. The van der Waals surface area contributed by atoms with Gasteiger partial charge in [0.2, 0.25) is 0 Å². The van der Waals surface area contributed by atoms with Crippen LogP contribution in [0.2, 0.25) is 0 Å². The molecule has 0 aliphatic heterocycles. The van der Waals surface area contributed by atoms with Crippen LogP contribution in [0.4, 0.5) is 0 Å². The van der Waals surface area contributed by atoms with Gasteiger partial charge in [-0.15, -0.1) is 24.0 Å². The maximum absolute atomic E-state index is 5.91. The number of benzene rings is 2. The summed E-state index contributed by atoms with van der Waals surface area (Å²) < 4.78 is 8.05. The number of hydrogen-bond acceptors (Lipinski definition) is 2. The Morgan fingerprint density at radius 3 is 2.28 bits per heavy atom. The van der Waals surface area contributed by atoms with Gasteiger partial charge in [-0.3, -0.25) is 4.99 Å². The molecule has 5 nitrogen and oxygen atoms in total. The highest BCUT2D eigenvalue weighted by Gasteiger charge is 2.04. The molecular formula is C23H29IN4O. The van der Waals surface area contributed by atoms with Gasteiger partial charge in [-0.25, -0.2) is 0 Å². The molecule has 0 radical (unpaired) electrons. The third-order valence-electron chi connectivity index (χ3n) is 4.49. The normalized spacial score (nSPS) is 11.0. The van der Waals surface area contributed by atoms with E-state index in [9.17, 15) is 0 Å². The van der Waals surface area contributed by atoms with Crippen LogP contribution in [0.25, 0.3) is 0 Å². The maximum Gasteiger partial charge on any atom is 0.191 e. The average molecular weight is 504 g/mol. The Morgan fingerprint density at radius 1 is 0.862 bits per heavy atom. The van der Waals surface area contributed by atoms with Crippen molar-refractivity contribution in [2.45, 2.75) is 26.3 Å². The molecule has 2 N–H and O–H groups in total. The monoisotopic (exact) mass is 504 g/mol. The van der Waals surface area contributed by atoms with Crippen molar-refractivity contribution in [3.05, 3.63) is 95.8 Å². The molecule has 0 aliphatic rings. The quantitative estimate of drug-likeness (QED) is 0.261. The highest BCUT2D eigenvalue weighted by atomic mass is 127. The lowest BCUT2D eigenvalue weighted by molar-refractivity contribution is 0.106. The van der Waals surface area contributed by atoms with Gasteiger partial charge in [0, 0.05) is 39.1 Å². The lowest BCUT2D eigenvalue weighted by Gasteiger charge is -2.15. The Morgan fingerprint density at radius 2 is 1.55 bits per heavy atom. The Kier molecular flexibility index (Phi) is 10.3. The van der Waals surface area contributed by atoms with E-state index in [-0.39, 0.29) is 24.0 Å². The van der Waals surface area contributed by atoms with Gasteiger partial charge in [-0.05, 0) is 28.8 Å². The molecule has 0 amide bonds. The van der Waals surface area contributed by atoms with E-state index in [2.05, 4.69) is 69.0 Å². The summed E-state index contributed by atoms with van der Waals surface area (Å²) in [6, 6.07) is 22.7. The molecule has 1 heterocycles. The minimum Gasteiger partial charge on any atom is -0.372 e. The van der Waals surface area contributed by atoms with Crippen molar-refractivity contribution < 1.29 is 4.74 Å². The number of hydrogen-bond donors (Lipinski definition) is 2. The SMILES string of the molecule is CN=C(NCCn1cccc1)NCc1ccccc1COCc1ccccc1.I. The second kappa shape index (κ2) is 13.0. The highest BCUT2D eigenvalue weighted by molar-refractivity contribution is 14.0. The summed E-state index contributed by atoms with van der Waals surface area (Å²) >= 11 is 0. The number of rotatable bonds is 9. The molecule has 29 heavy (non-hydrogen) atoms. The van der Waals surface area contributed by atoms with E-state index in [4.69, 9.17) is 4.74 Å². The van der Waals surface area contributed by atoms with E-state index in [1.807, 2.05) is 30.3 Å². The Bertz CT molecular complexity index is 850. The van der Waals surface area contributed by atoms with E-state index in [0.29, 0.717) is 19.8 Å². The summed E-state index contributed by atoms with van der Waals surface area (Å²) in [7, 11) is 1.79. The zero-order chi connectivity index (χ0) is 19.4. The molecule has 0 fully saturated rings. The summed E-state index contributed by atoms with van der Waals surface area (Å²) in [6.07, 6.45) is 4.12. The topological polar surface area (TPSA) is 50.6 Å². The predicted octanol–water partition coefficient (Wildman–Crippen LogP) is 4.19. The lowest BCUT2D eigenvalue weighted by atomic mass is 10.1. The molecule has 0 bridgehead atoms. The van der Waals surface area contributed by atoms with Gasteiger partial charge < -0.3 is 19.9 Å². The van der Waals surface area contributed by atoms with Crippen LogP contribution in [-0.4, -0.2) is 24.1 Å². The van der Waals surface area contributed by atoms with Gasteiger partial charge in [-0.2, -0.15) is 0 Å². The molecule has 1 aromatic heterocycles. The zero-order valence-corrected chi connectivity index (χ0v) is 19.1. The van der Waals surface area contributed by atoms with Crippen molar-refractivity contribution in [3.63, 3.8) is 0 Å². The van der Waals surface area contributed by atoms with Gasteiger partial charge in [0.1, 0.15) is 0 Å². The molecule has 3 rings (SSSR count). The molecule has 6 heteroatoms. The minimum atomic E-state index is 0. The van der Waals surface area contributed by atoms with E-state index >= 15 is 0 Å². The summed E-state index contributed by atoms with van der Waals surface area (Å²) in [4.78, 5) is 4.31. The summed E-state index contributed by atoms with van der Waals surface area (Å²) in [5.74, 6) is 0.798. The van der Waals surface area contributed by atoms with Crippen LogP contribution in [0.1, 0.15) is 16.7 Å². The van der Waals surface area contributed by atoms with Crippen LogP contribution in [0.3, 0.4) is 0 Å². The van der Waals surface area contributed by atoms with Crippen molar-refractivity contribution in [3.8, 4) is 0 Å². The van der Waals surface area contributed by atoms with Crippen LogP contribution in [0.5, 0.6) is 0 Å². The van der Waals surface area contributed by atoms with Crippen molar-refractivity contribution in [1.82, 2.24) is 15.2 Å². The Balaban J connectivity index is 0.00000300.